The van der Waals surface area contributed by atoms with Gasteiger partial charge in [0.2, 0.25) is 10.0 Å². The summed E-state index contributed by atoms with van der Waals surface area (Å²) < 4.78 is 36.8. The number of aromatic nitrogens is 1. The summed E-state index contributed by atoms with van der Waals surface area (Å²) in [6, 6.07) is 5.73. The SMILES string of the molecule is CS(=O)(=O)N1CCOC[C@]2(C[C@H](CNc3ccccn3)CO2)C1. The molecule has 2 fully saturated rings. The smallest absolute Gasteiger partial charge is 0.211 e. The largest absolute Gasteiger partial charge is 0.377 e. The van der Waals surface area contributed by atoms with E-state index in [1.807, 2.05) is 18.2 Å². The zero-order chi connectivity index (χ0) is 16.3. The fourth-order valence-electron chi connectivity index (χ4n) is 3.15. The Labute approximate surface area is 137 Å². The number of nitrogens with one attached hydrogen (secondary N) is 1. The van der Waals surface area contributed by atoms with Gasteiger partial charge in [-0.3, -0.25) is 0 Å². The molecule has 1 N–H and O–H groups in total. The van der Waals surface area contributed by atoms with Crippen molar-refractivity contribution in [1.82, 2.24) is 9.29 Å². The normalized spacial score (nSPS) is 29.5. The van der Waals surface area contributed by atoms with E-state index in [4.69, 9.17) is 9.47 Å². The number of nitrogens with zero attached hydrogens (tertiary/aromatic N) is 2. The molecule has 0 aromatic carbocycles. The Balaban J connectivity index is 1.60. The third-order valence-electron chi connectivity index (χ3n) is 4.31. The van der Waals surface area contributed by atoms with Crippen LogP contribution < -0.4 is 5.32 Å². The van der Waals surface area contributed by atoms with Crippen molar-refractivity contribution in [2.75, 3.05) is 51.0 Å². The van der Waals surface area contributed by atoms with Gasteiger partial charge in [-0.25, -0.2) is 13.4 Å². The van der Waals surface area contributed by atoms with Gasteiger partial charge in [-0.1, -0.05) is 6.07 Å². The molecule has 2 saturated heterocycles. The van der Waals surface area contributed by atoms with Gasteiger partial charge >= 0.3 is 0 Å². The third kappa shape index (κ3) is 4.20. The highest BCUT2D eigenvalue weighted by Gasteiger charge is 2.44. The zero-order valence-electron chi connectivity index (χ0n) is 13.3. The summed E-state index contributed by atoms with van der Waals surface area (Å²) in [6.45, 7) is 2.96. The van der Waals surface area contributed by atoms with Crippen LogP contribution in [-0.4, -0.2) is 69.0 Å². The van der Waals surface area contributed by atoms with Crippen LogP contribution in [-0.2, 0) is 19.5 Å². The van der Waals surface area contributed by atoms with E-state index >= 15 is 0 Å². The molecule has 0 bridgehead atoms. The molecule has 1 aromatic heterocycles. The van der Waals surface area contributed by atoms with E-state index in [9.17, 15) is 8.42 Å². The maximum Gasteiger partial charge on any atom is 0.211 e. The molecule has 23 heavy (non-hydrogen) atoms. The van der Waals surface area contributed by atoms with Crippen molar-refractivity contribution in [1.29, 1.82) is 0 Å². The Bertz CT molecular complexity index is 625. The lowest BCUT2D eigenvalue weighted by atomic mass is 9.94. The van der Waals surface area contributed by atoms with E-state index in [0.29, 0.717) is 38.8 Å². The molecule has 8 heteroatoms. The molecule has 0 radical (unpaired) electrons. The second kappa shape index (κ2) is 6.72. The number of ether oxygens (including phenoxy) is 2. The Morgan fingerprint density at radius 2 is 2.35 bits per heavy atom. The van der Waals surface area contributed by atoms with Gasteiger partial charge in [0.05, 0.1) is 26.1 Å². The first-order valence-corrected chi connectivity index (χ1v) is 9.63. The Kier molecular flexibility index (Phi) is 4.86. The average molecular weight is 341 g/mol. The minimum Gasteiger partial charge on any atom is -0.377 e. The Morgan fingerprint density at radius 3 is 3.09 bits per heavy atom. The number of anilines is 1. The monoisotopic (exact) mass is 341 g/mol. The van der Waals surface area contributed by atoms with Crippen molar-refractivity contribution in [3.63, 3.8) is 0 Å². The lowest BCUT2D eigenvalue weighted by molar-refractivity contribution is -0.0511. The highest BCUT2D eigenvalue weighted by molar-refractivity contribution is 7.88. The minimum atomic E-state index is -3.24. The molecule has 1 spiro atoms. The van der Waals surface area contributed by atoms with Gasteiger partial charge in [0.25, 0.3) is 0 Å². The lowest BCUT2D eigenvalue weighted by Gasteiger charge is -2.29. The topological polar surface area (TPSA) is 80.8 Å². The van der Waals surface area contributed by atoms with Crippen LogP contribution >= 0.6 is 0 Å². The quantitative estimate of drug-likeness (QED) is 0.862. The standard InChI is InChI=1S/C15H23N3O4S/c1-23(19,20)18-6-7-21-12-15(11-18)8-13(10-22-15)9-17-14-4-2-3-5-16-14/h2-5,13H,6-12H2,1H3,(H,16,17)/t13-,15+/m1/s1. The molecule has 128 valence electrons. The summed E-state index contributed by atoms with van der Waals surface area (Å²) in [4.78, 5) is 4.24. The molecule has 7 nitrogen and oxygen atoms in total. The van der Waals surface area contributed by atoms with Crippen LogP contribution in [0.1, 0.15) is 6.42 Å². The maximum atomic E-state index is 11.9. The highest BCUT2D eigenvalue weighted by Crippen LogP contribution is 2.33. The summed E-state index contributed by atoms with van der Waals surface area (Å²) in [5.41, 5.74) is -0.532. The van der Waals surface area contributed by atoms with Gasteiger partial charge in [0.15, 0.2) is 0 Å². The highest BCUT2D eigenvalue weighted by atomic mass is 32.2. The molecule has 2 atom stereocenters. The van der Waals surface area contributed by atoms with E-state index in [-0.39, 0.29) is 0 Å². The molecule has 0 unspecified atom stereocenters. The first-order valence-electron chi connectivity index (χ1n) is 7.79. The Hall–Kier alpha value is -1.22. The van der Waals surface area contributed by atoms with Crippen molar-refractivity contribution in [3.8, 4) is 0 Å². The van der Waals surface area contributed by atoms with Crippen molar-refractivity contribution in [3.05, 3.63) is 24.4 Å². The average Bonchev–Trinajstić information content (AvgIpc) is 2.78. The molecule has 2 aliphatic heterocycles. The van der Waals surface area contributed by atoms with Crippen LogP contribution in [0.4, 0.5) is 5.82 Å². The van der Waals surface area contributed by atoms with Crippen LogP contribution in [0, 0.1) is 5.92 Å². The molecule has 0 amide bonds. The first-order chi connectivity index (χ1) is 11.0. The number of rotatable bonds is 4. The van der Waals surface area contributed by atoms with E-state index < -0.39 is 15.6 Å². The molecular formula is C15H23N3O4S. The summed E-state index contributed by atoms with van der Waals surface area (Å²) in [5.74, 6) is 1.14. The summed E-state index contributed by atoms with van der Waals surface area (Å²) in [6.07, 6.45) is 3.76. The van der Waals surface area contributed by atoms with Crippen LogP contribution in [0.3, 0.4) is 0 Å². The summed E-state index contributed by atoms with van der Waals surface area (Å²) in [7, 11) is -3.24. The maximum absolute atomic E-state index is 11.9. The summed E-state index contributed by atoms with van der Waals surface area (Å²) >= 11 is 0. The second-order valence-corrected chi connectivity index (χ2v) is 8.29. The van der Waals surface area contributed by atoms with E-state index in [1.54, 1.807) is 6.20 Å². The first kappa shape index (κ1) is 16.6. The molecule has 1 aromatic rings. The van der Waals surface area contributed by atoms with E-state index in [0.717, 1.165) is 18.8 Å². The molecule has 0 saturated carbocycles. The van der Waals surface area contributed by atoms with Gasteiger partial charge in [0.1, 0.15) is 11.4 Å². The molecule has 0 aliphatic carbocycles. The van der Waals surface area contributed by atoms with Gasteiger partial charge in [-0.2, -0.15) is 4.31 Å². The molecule has 3 heterocycles. The zero-order valence-corrected chi connectivity index (χ0v) is 14.1. The van der Waals surface area contributed by atoms with Crippen LogP contribution in [0.5, 0.6) is 0 Å². The molecule has 2 aliphatic rings. The van der Waals surface area contributed by atoms with Crippen molar-refractivity contribution in [2.24, 2.45) is 5.92 Å². The lowest BCUT2D eigenvalue weighted by Crippen LogP contribution is -2.46. The predicted octanol–water partition coefficient (Wildman–Crippen LogP) is 0.561. The fourth-order valence-corrected chi connectivity index (χ4v) is 4.03. The van der Waals surface area contributed by atoms with E-state index in [2.05, 4.69) is 10.3 Å². The second-order valence-electron chi connectivity index (χ2n) is 6.31. The fraction of sp³-hybridized carbons (Fsp3) is 0.667. The van der Waals surface area contributed by atoms with Crippen molar-refractivity contribution < 1.29 is 17.9 Å². The predicted molar refractivity (Wildman–Crippen MR) is 86.8 cm³/mol. The Morgan fingerprint density at radius 1 is 1.48 bits per heavy atom. The molecule has 3 rings (SSSR count). The number of hydrogen-bond acceptors (Lipinski definition) is 6. The minimum absolute atomic E-state index is 0.306. The van der Waals surface area contributed by atoms with Gasteiger partial charge in [-0.05, 0) is 18.6 Å². The molecular weight excluding hydrogens is 318 g/mol. The van der Waals surface area contributed by atoms with Crippen LogP contribution in [0.2, 0.25) is 0 Å². The van der Waals surface area contributed by atoms with Gasteiger partial charge in [-0.15, -0.1) is 0 Å². The number of pyridine rings is 1. The van der Waals surface area contributed by atoms with Crippen LogP contribution in [0.25, 0.3) is 0 Å². The van der Waals surface area contributed by atoms with Gasteiger partial charge < -0.3 is 14.8 Å². The van der Waals surface area contributed by atoms with E-state index in [1.165, 1.54) is 10.6 Å². The summed E-state index contributed by atoms with van der Waals surface area (Å²) in [5, 5.41) is 3.30. The number of hydrogen-bond donors (Lipinski definition) is 1. The van der Waals surface area contributed by atoms with Gasteiger partial charge in [0, 0.05) is 31.7 Å². The third-order valence-corrected chi connectivity index (χ3v) is 5.56. The van der Waals surface area contributed by atoms with Crippen LogP contribution in [0.15, 0.2) is 24.4 Å². The van der Waals surface area contributed by atoms with Crippen molar-refractivity contribution >= 4 is 15.8 Å². The number of sulfonamides is 1. The van der Waals surface area contributed by atoms with Crippen molar-refractivity contribution in [2.45, 2.75) is 12.0 Å².